The SMILES string of the molecule is C/C(=N\O)c1cccc(OCCC(=O)N(C)C)c1. The van der Waals surface area contributed by atoms with Crippen molar-refractivity contribution in [2.45, 2.75) is 13.3 Å². The number of carbonyl (C=O) groups excluding carboxylic acids is 1. The molecule has 0 fully saturated rings. The van der Waals surface area contributed by atoms with E-state index in [1.54, 1.807) is 33.2 Å². The van der Waals surface area contributed by atoms with Crippen molar-refractivity contribution >= 4 is 11.6 Å². The maximum absolute atomic E-state index is 11.3. The van der Waals surface area contributed by atoms with E-state index in [2.05, 4.69) is 5.16 Å². The van der Waals surface area contributed by atoms with Gasteiger partial charge in [-0.3, -0.25) is 4.79 Å². The van der Waals surface area contributed by atoms with Crippen LogP contribution in [-0.2, 0) is 4.79 Å². The van der Waals surface area contributed by atoms with Gasteiger partial charge in [0, 0.05) is 19.7 Å². The summed E-state index contributed by atoms with van der Waals surface area (Å²) in [6.07, 6.45) is 0.338. The van der Waals surface area contributed by atoms with E-state index in [-0.39, 0.29) is 5.91 Å². The van der Waals surface area contributed by atoms with Crippen LogP contribution >= 0.6 is 0 Å². The van der Waals surface area contributed by atoms with E-state index < -0.39 is 0 Å². The number of carbonyl (C=O) groups is 1. The fourth-order valence-corrected chi connectivity index (χ4v) is 1.35. The van der Waals surface area contributed by atoms with E-state index in [0.717, 1.165) is 5.56 Å². The Labute approximate surface area is 107 Å². The third kappa shape index (κ3) is 4.08. The van der Waals surface area contributed by atoms with Gasteiger partial charge in [-0.05, 0) is 19.1 Å². The lowest BCUT2D eigenvalue weighted by Crippen LogP contribution is -2.23. The number of oxime groups is 1. The summed E-state index contributed by atoms with van der Waals surface area (Å²) in [5.74, 6) is 0.682. The van der Waals surface area contributed by atoms with Crippen molar-refractivity contribution in [3.05, 3.63) is 29.8 Å². The van der Waals surface area contributed by atoms with Crippen LogP contribution in [0.3, 0.4) is 0 Å². The van der Waals surface area contributed by atoms with Gasteiger partial charge in [-0.15, -0.1) is 0 Å². The highest BCUT2D eigenvalue weighted by atomic mass is 16.5. The van der Waals surface area contributed by atoms with Gasteiger partial charge in [-0.25, -0.2) is 0 Å². The lowest BCUT2D eigenvalue weighted by Gasteiger charge is -2.11. The third-order valence-corrected chi connectivity index (χ3v) is 2.49. The monoisotopic (exact) mass is 250 g/mol. The quantitative estimate of drug-likeness (QED) is 0.492. The molecule has 0 aliphatic carbocycles. The summed E-state index contributed by atoms with van der Waals surface area (Å²) >= 11 is 0. The number of ether oxygens (including phenoxy) is 1. The highest BCUT2D eigenvalue weighted by molar-refractivity contribution is 5.98. The predicted molar refractivity (Wildman–Crippen MR) is 69.2 cm³/mol. The van der Waals surface area contributed by atoms with E-state index in [0.29, 0.717) is 24.5 Å². The second-order valence-corrected chi connectivity index (χ2v) is 4.10. The lowest BCUT2D eigenvalue weighted by atomic mass is 10.1. The van der Waals surface area contributed by atoms with Gasteiger partial charge in [0.2, 0.25) is 5.91 Å². The van der Waals surface area contributed by atoms with Gasteiger partial charge >= 0.3 is 0 Å². The Morgan fingerprint density at radius 1 is 1.44 bits per heavy atom. The minimum absolute atomic E-state index is 0.0271. The molecule has 5 heteroatoms. The Hall–Kier alpha value is -2.04. The Morgan fingerprint density at radius 3 is 2.78 bits per heavy atom. The fourth-order valence-electron chi connectivity index (χ4n) is 1.35. The zero-order chi connectivity index (χ0) is 13.5. The van der Waals surface area contributed by atoms with E-state index in [4.69, 9.17) is 9.94 Å². The van der Waals surface area contributed by atoms with Gasteiger partial charge in [0.1, 0.15) is 5.75 Å². The van der Waals surface area contributed by atoms with Gasteiger partial charge in [-0.2, -0.15) is 0 Å². The highest BCUT2D eigenvalue weighted by Gasteiger charge is 2.05. The Morgan fingerprint density at radius 2 is 2.17 bits per heavy atom. The minimum Gasteiger partial charge on any atom is -0.493 e. The van der Waals surface area contributed by atoms with Gasteiger partial charge < -0.3 is 14.8 Å². The Kier molecular flexibility index (Phi) is 5.17. The van der Waals surface area contributed by atoms with Crippen molar-refractivity contribution in [3.63, 3.8) is 0 Å². The van der Waals surface area contributed by atoms with Crippen LogP contribution in [0.2, 0.25) is 0 Å². The summed E-state index contributed by atoms with van der Waals surface area (Å²) in [6, 6.07) is 7.21. The Bertz CT molecular complexity index is 442. The molecule has 0 saturated carbocycles. The van der Waals surface area contributed by atoms with Crippen molar-refractivity contribution in [1.82, 2.24) is 4.90 Å². The van der Waals surface area contributed by atoms with Crippen LogP contribution in [0.25, 0.3) is 0 Å². The number of rotatable bonds is 5. The molecule has 0 spiro atoms. The molecule has 0 aliphatic heterocycles. The van der Waals surface area contributed by atoms with E-state index in [1.807, 2.05) is 12.1 Å². The van der Waals surface area contributed by atoms with Crippen LogP contribution < -0.4 is 4.74 Å². The minimum atomic E-state index is 0.0271. The molecule has 1 aromatic carbocycles. The largest absolute Gasteiger partial charge is 0.493 e. The highest BCUT2D eigenvalue weighted by Crippen LogP contribution is 2.14. The molecule has 18 heavy (non-hydrogen) atoms. The first-order chi connectivity index (χ1) is 8.54. The molecular weight excluding hydrogens is 232 g/mol. The molecule has 1 amide bonds. The molecule has 98 valence electrons. The molecule has 1 rings (SSSR count). The summed E-state index contributed by atoms with van der Waals surface area (Å²) < 4.78 is 5.48. The zero-order valence-corrected chi connectivity index (χ0v) is 10.9. The van der Waals surface area contributed by atoms with Gasteiger partial charge in [-0.1, -0.05) is 17.3 Å². The van der Waals surface area contributed by atoms with Crippen molar-refractivity contribution in [1.29, 1.82) is 0 Å². The maximum Gasteiger partial charge on any atom is 0.225 e. The molecule has 0 bridgehead atoms. The standard InChI is InChI=1S/C13H18N2O3/c1-10(14-17)11-5-4-6-12(9-11)18-8-7-13(16)15(2)3/h4-6,9,17H,7-8H2,1-3H3/b14-10+. The molecule has 0 aromatic heterocycles. The fraction of sp³-hybridized carbons (Fsp3) is 0.385. The smallest absolute Gasteiger partial charge is 0.225 e. The number of hydrogen-bond donors (Lipinski definition) is 1. The second-order valence-electron chi connectivity index (χ2n) is 4.10. The summed E-state index contributed by atoms with van der Waals surface area (Å²) in [5.41, 5.74) is 1.30. The van der Waals surface area contributed by atoms with Crippen molar-refractivity contribution in [2.24, 2.45) is 5.16 Å². The van der Waals surface area contributed by atoms with E-state index in [1.165, 1.54) is 4.90 Å². The van der Waals surface area contributed by atoms with E-state index in [9.17, 15) is 4.79 Å². The Balaban J connectivity index is 2.56. The third-order valence-electron chi connectivity index (χ3n) is 2.49. The van der Waals surface area contributed by atoms with Crippen LogP contribution in [0, 0.1) is 0 Å². The van der Waals surface area contributed by atoms with Crippen LogP contribution in [0.4, 0.5) is 0 Å². The number of amides is 1. The number of nitrogens with zero attached hydrogens (tertiary/aromatic N) is 2. The average Bonchev–Trinajstić information content (AvgIpc) is 2.37. The number of hydrogen-bond acceptors (Lipinski definition) is 4. The molecular formula is C13H18N2O3. The molecule has 0 saturated heterocycles. The summed E-state index contributed by atoms with van der Waals surface area (Å²) in [7, 11) is 3.42. The molecule has 1 aromatic rings. The molecule has 0 unspecified atom stereocenters. The van der Waals surface area contributed by atoms with E-state index >= 15 is 0 Å². The normalized spacial score (nSPS) is 11.2. The molecule has 5 nitrogen and oxygen atoms in total. The molecule has 0 heterocycles. The van der Waals surface area contributed by atoms with Crippen molar-refractivity contribution < 1.29 is 14.7 Å². The predicted octanol–water partition coefficient (Wildman–Crippen LogP) is 1.74. The van der Waals surface area contributed by atoms with Crippen LogP contribution in [0.1, 0.15) is 18.9 Å². The first-order valence-corrected chi connectivity index (χ1v) is 5.66. The summed E-state index contributed by atoms with van der Waals surface area (Å²) in [6.45, 7) is 2.03. The molecule has 0 radical (unpaired) electrons. The van der Waals surface area contributed by atoms with Crippen molar-refractivity contribution in [2.75, 3.05) is 20.7 Å². The van der Waals surface area contributed by atoms with Crippen LogP contribution in [-0.4, -0.2) is 42.4 Å². The summed E-state index contributed by atoms with van der Waals surface area (Å²) in [4.78, 5) is 12.9. The number of benzene rings is 1. The average molecular weight is 250 g/mol. The van der Waals surface area contributed by atoms with Crippen LogP contribution in [0.5, 0.6) is 5.75 Å². The van der Waals surface area contributed by atoms with Gasteiger partial charge in [0.25, 0.3) is 0 Å². The first kappa shape index (κ1) is 14.0. The summed E-state index contributed by atoms with van der Waals surface area (Å²) in [5, 5.41) is 11.8. The van der Waals surface area contributed by atoms with Gasteiger partial charge in [0.05, 0.1) is 18.7 Å². The molecule has 1 N–H and O–H groups in total. The zero-order valence-electron chi connectivity index (χ0n) is 10.9. The van der Waals surface area contributed by atoms with Gasteiger partial charge in [0.15, 0.2) is 0 Å². The van der Waals surface area contributed by atoms with Crippen LogP contribution in [0.15, 0.2) is 29.4 Å². The topological polar surface area (TPSA) is 62.1 Å². The lowest BCUT2D eigenvalue weighted by molar-refractivity contribution is -0.129. The van der Waals surface area contributed by atoms with Crippen molar-refractivity contribution in [3.8, 4) is 5.75 Å². The first-order valence-electron chi connectivity index (χ1n) is 5.66. The molecule has 0 aliphatic rings. The maximum atomic E-state index is 11.3. The molecule has 0 atom stereocenters. The second kappa shape index (κ2) is 6.64.